The molecule has 0 bridgehead atoms. The molecule has 15 nitrogen and oxygen atoms in total. The number of carboxylic acids is 1. The summed E-state index contributed by atoms with van der Waals surface area (Å²) in [6.45, 7) is 9.55. The van der Waals surface area contributed by atoms with Gasteiger partial charge >= 0.3 is 11.7 Å². The highest BCUT2D eigenvalue weighted by Gasteiger charge is 2.24. The van der Waals surface area contributed by atoms with Crippen molar-refractivity contribution >= 4 is 27.9 Å². The molecule has 0 aliphatic rings. The van der Waals surface area contributed by atoms with Gasteiger partial charge in [0.25, 0.3) is 0 Å². The van der Waals surface area contributed by atoms with E-state index in [1.165, 1.54) is 0 Å². The van der Waals surface area contributed by atoms with Gasteiger partial charge in [-0.05, 0) is 45.0 Å². The maximum atomic E-state index is 14.1. The lowest BCUT2D eigenvalue weighted by molar-refractivity contribution is -0.138. The number of rotatable bonds is 22. The molecule has 4 aromatic heterocycles. The second-order valence-electron chi connectivity index (χ2n) is 11.7. The molecule has 0 saturated heterocycles. The Morgan fingerprint density at radius 3 is 2.12 bits per heavy atom. The van der Waals surface area contributed by atoms with Gasteiger partial charge in [0.05, 0.1) is 132 Å². The van der Waals surface area contributed by atoms with Gasteiger partial charge in [0.2, 0.25) is 0 Å². The molecule has 51 heavy (non-hydrogen) atoms. The molecule has 1 atom stereocenters. The van der Waals surface area contributed by atoms with E-state index in [0.29, 0.717) is 88.5 Å². The lowest BCUT2D eigenvalue weighted by Crippen LogP contribution is -2.28. The predicted octanol–water partition coefficient (Wildman–Crippen LogP) is 4.19. The number of hydrogen-bond acceptors (Lipinski definition) is 12. The second-order valence-corrected chi connectivity index (χ2v) is 11.7. The van der Waals surface area contributed by atoms with E-state index in [-0.39, 0.29) is 24.8 Å². The zero-order chi connectivity index (χ0) is 36.2. The van der Waals surface area contributed by atoms with Gasteiger partial charge < -0.3 is 38.1 Å². The maximum Gasteiger partial charge on any atom is 0.329 e. The van der Waals surface area contributed by atoms with Crippen molar-refractivity contribution in [3.8, 4) is 16.9 Å². The molecule has 274 valence electrons. The lowest BCUT2D eigenvalue weighted by Gasteiger charge is -2.15. The molecule has 0 radical (unpaired) electrons. The number of carboxylic acid groups (broad SMARTS) is 1. The molecule has 5 aromatic rings. The van der Waals surface area contributed by atoms with Crippen LogP contribution < -0.4 is 10.4 Å². The van der Waals surface area contributed by atoms with Gasteiger partial charge in [0, 0.05) is 17.1 Å². The van der Waals surface area contributed by atoms with Crippen molar-refractivity contribution in [3.05, 3.63) is 70.4 Å². The van der Waals surface area contributed by atoms with Crippen LogP contribution in [0.1, 0.15) is 36.5 Å². The number of methoxy groups -OCH3 is 1. The number of fused-ring (bicyclic) bond motifs is 3. The highest BCUT2D eigenvalue weighted by Crippen LogP contribution is 2.39. The fourth-order valence-electron chi connectivity index (χ4n) is 5.83. The van der Waals surface area contributed by atoms with E-state index >= 15 is 0 Å². The standard InChI is InChI=1S/C36H45N5O10/c1-24-34(26(3)51-39-24)28-21-30-27(22-32(28)45-4)35-31(23-38-30)40(36(44)41(35)25(2)29-7-5-6-9-37-29)10-12-47-14-16-49-18-20-50-19-17-48-15-13-46-11-8-33(42)43/h5-7,9,21-23,25H,8,10-20H2,1-4H3,(H,42,43). The topological polar surface area (TPSA) is 171 Å². The highest BCUT2D eigenvalue weighted by molar-refractivity contribution is 6.05. The Kier molecular flexibility index (Phi) is 13.7. The molecular formula is C36H45N5O10. The summed E-state index contributed by atoms with van der Waals surface area (Å²) in [4.78, 5) is 33.9. The summed E-state index contributed by atoms with van der Waals surface area (Å²) in [5.74, 6) is 0.400. The van der Waals surface area contributed by atoms with Crippen LogP contribution in [0.2, 0.25) is 0 Å². The van der Waals surface area contributed by atoms with Crippen LogP contribution in [0, 0.1) is 13.8 Å². The molecule has 0 saturated carbocycles. The Morgan fingerprint density at radius 1 is 0.902 bits per heavy atom. The van der Waals surface area contributed by atoms with Crippen LogP contribution in [-0.2, 0) is 35.0 Å². The van der Waals surface area contributed by atoms with Crippen LogP contribution >= 0.6 is 0 Å². The minimum absolute atomic E-state index is 0.0224. The van der Waals surface area contributed by atoms with Crippen molar-refractivity contribution in [2.45, 2.75) is 39.8 Å². The van der Waals surface area contributed by atoms with Crippen LogP contribution in [0.5, 0.6) is 5.75 Å². The first-order valence-corrected chi connectivity index (χ1v) is 16.9. The normalized spacial score (nSPS) is 12.2. The quantitative estimate of drug-likeness (QED) is 0.102. The SMILES string of the molecule is COc1cc2c(cc1-c1c(C)noc1C)ncc1c2n(C(C)c2ccccn2)c(=O)n1CCOCCOCCOCCOCCOCCC(=O)O. The number of aliphatic carboxylic acids is 1. The number of pyridine rings is 2. The van der Waals surface area contributed by atoms with Crippen LogP contribution in [0.15, 0.2) is 52.0 Å². The first kappa shape index (κ1) is 37.6. The lowest BCUT2D eigenvalue weighted by atomic mass is 10.00. The van der Waals surface area contributed by atoms with Crippen molar-refractivity contribution in [3.63, 3.8) is 0 Å². The van der Waals surface area contributed by atoms with Gasteiger partial charge in [-0.1, -0.05) is 11.2 Å². The van der Waals surface area contributed by atoms with Crippen molar-refractivity contribution in [2.75, 3.05) is 73.2 Å². The first-order valence-electron chi connectivity index (χ1n) is 16.9. The monoisotopic (exact) mass is 707 g/mol. The third-order valence-electron chi connectivity index (χ3n) is 8.32. The Morgan fingerprint density at radius 2 is 1.55 bits per heavy atom. The zero-order valence-electron chi connectivity index (χ0n) is 29.5. The Balaban J connectivity index is 1.20. The average molecular weight is 708 g/mol. The van der Waals surface area contributed by atoms with E-state index < -0.39 is 5.97 Å². The second kappa shape index (κ2) is 18.5. The zero-order valence-corrected chi connectivity index (χ0v) is 29.5. The molecule has 15 heteroatoms. The Hall–Kier alpha value is -4.67. The smallest absolute Gasteiger partial charge is 0.329 e. The number of benzene rings is 1. The van der Waals surface area contributed by atoms with Gasteiger partial charge in [-0.2, -0.15) is 0 Å². The van der Waals surface area contributed by atoms with Crippen LogP contribution in [0.4, 0.5) is 0 Å². The number of nitrogens with zero attached hydrogens (tertiary/aromatic N) is 5. The molecule has 0 aliphatic carbocycles. The molecule has 0 aliphatic heterocycles. The minimum Gasteiger partial charge on any atom is -0.496 e. The van der Waals surface area contributed by atoms with E-state index in [0.717, 1.165) is 33.4 Å². The van der Waals surface area contributed by atoms with Gasteiger partial charge in [-0.3, -0.25) is 23.9 Å². The van der Waals surface area contributed by atoms with Crippen molar-refractivity contribution in [1.82, 2.24) is 24.3 Å². The third-order valence-corrected chi connectivity index (χ3v) is 8.32. The van der Waals surface area contributed by atoms with Crippen molar-refractivity contribution in [2.24, 2.45) is 0 Å². The highest BCUT2D eigenvalue weighted by atomic mass is 16.6. The van der Waals surface area contributed by atoms with Crippen LogP contribution in [0.3, 0.4) is 0 Å². The largest absolute Gasteiger partial charge is 0.496 e. The molecule has 1 N–H and O–H groups in total. The third kappa shape index (κ3) is 9.36. The molecule has 0 spiro atoms. The van der Waals surface area contributed by atoms with Crippen molar-refractivity contribution in [1.29, 1.82) is 0 Å². The van der Waals surface area contributed by atoms with E-state index in [2.05, 4.69) is 10.1 Å². The summed E-state index contributed by atoms with van der Waals surface area (Å²) >= 11 is 0. The Labute approximate surface area is 295 Å². The van der Waals surface area contributed by atoms with E-state index in [1.54, 1.807) is 28.6 Å². The minimum atomic E-state index is -0.888. The number of aromatic nitrogens is 5. The summed E-state index contributed by atoms with van der Waals surface area (Å²) in [6.07, 6.45) is 3.43. The fourth-order valence-corrected chi connectivity index (χ4v) is 5.83. The predicted molar refractivity (Wildman–Crippen MR) is 187 cm³/mol. The van der Waals surface area contributed by atoms with Crippen LogP contribution in [0.25, 0.3) is 33.1 Å². The molecular weight excluding hydrogens is 662 g/mol. The number of ether oxygens (including phenoxy) is 6. The number of imidazole rings is 1. The van der Waals surface area contributed by atoms with Gasteiger partial charge in [0.1, 0.15) is 11.5 Å². The number of carbonyl (C=O) groups is 1. The maximum absolute atomic E-state index is 14.1. The summed E-state index contributed by atoms with van der Waals surface area (Å²) in [5, 5.41) is 13.5. The average Bonchev–Trinajstić information content (AvgIpc) is 3.62. The van der Waals surface area contributed by atoms with Crippen LogP contribution in [-0.4, -0.2) is 109 Å². The fraction of sp³-hybridized carbons (Fsp3) is 0.472. The van der Waals surface area contributed by atoms with E-state index in [4.69, 9.17) is 43.0 Å². The molecule has 0 amide bonds. The van der Waals surface area contributed by atoms with E-state index in [1.807, 2.05) is 51.1 Å². The number of hydrogen-bond donors (Lipinski definition) is 1. The molecule has 0 fully saturated rings. The van der Waals surface area contributed by atoms with Gasteiger partial charge in [-0.25, -0.2) is 4.79 Å². The summed E-state index contributed by atoms with van der Waals surface area (Å²) < 4.78 is 42.2. The first-order chi connectivity index (χ1) is 24.8. The molecule has 1 aromatic carbocycles. The van der Waals surface area contributed by atoms with Crippen molar-refractivity contribution < 1.29 is 42.8 Å². The Bertz CT molecular complexity index is 1920. The van der Waals surface area contributed by atoms with E-state index in [9.17, 15) is 9.59 Å². The molecule has 1 unspecified atom stereocenters. The summed E-state index contributed by atoms with van der Waals surface area (Å²) in [6, 6.07) is 9.17. The molecule has 5 rings (SSSR count). The summed E-state index contributed by atoms with van der Waals surface area (Å²) in [5.41, 5.74) is 5.06. The number of aryl methyl sites for hydroxylation is 2. The van der Waals surface area contributed by atoms with Gasteiger partial charge in [0.15, 0.2) is 0 Å². The summed E-state index contributed by atoms with van der Waals surface area (Å²) in [7, 11) is 1.61. The molecule has 4 heterocycles. The van der Waals surface area contributed by atoms with Gasteiger partial charge in [-0.15, -0.1) is 0 Å².